The molecular formula is C7H10N2O5. The smallest absolute Gasteiger partial charge is 0.324 e. The van der Waals surface area contributed by atoms with Crippen LogP contribution in [-0.4, -0.2) is 46.7 Å². The third-order valence-corrected chi connectivity index (χ3v) is 2.35. The summed E-state index contributed by atoms with van der Waals surface area (Å²) in [5, 5.41) is 22.8. The minimum Gasteiger partial charge on any atom is -0.390 e. The van der Waals surface area contributed by atoms with E-state index in [9.17, 15) is 14.7 Å². The first-order valence-corrected chi connectivity index (χ1v) is 4.17. The zero-order chi connectivity index (χ0) is 10.3. The number of aliphatic hydroxyl groups is 2. The lowest BCUT2D eigenvalue weighted by Crippen LogP contribution is -2.58. The van der Waals surface area contributed by atoms with Crippen molar-refractivity contribution in [1.29, 1.82) is 0 Å². The molecule has 0 bridgehead atoms. The lowest BCUT2D eigenvalue weighted by molar-refractivity contribution is -0.184. The summed E-state index contributed by atoms with van der Waals surface area (Å²) in [7, 11) is 0. The summed E-state index contributed by atoms with van der Waals surface area (Å²) in [6, 6.07) is -0.654. The Bertz CT molecular complexity index is 294. The second-order valence-electron chi connectivity index (χ2n) is 3.39. The first-order valence-electron chi connectivity index (χ1n) is 4.17. The summed E-state index contributed by atoms with van der Waals surface area (Å²) in [6.45, 7) is -0.186. The average Bonchev–Trinajstić information content (AvgIpc) is 2.36. The van der Waals surface area contributed by atoms with E-state index in [2.05, 4.69) is 5.32 Å². The van der Waals surface area contributed by atoms with Crippen molar-refractivity contribution in [3.05, 3.63) is 0 Å². The van der Waals surface area contributed by atoms with Crippen molar-refractivity contribution in [3.8, 4) is 0 Å². The molecule has 4 N–H and O–H groups in total. The number of hydrogen-bond acceptors (Lipinski definition) is 5. The Labute approximate surface area is 79.0 Å². The van der Waals surface area contributed by atoms with Crippen molar-refractivity contribution in [3.63, 3.8) is 0 Å². The first-order chi connectivity index (χ1) is 6.53. The van der Waals surface area contributed by atoms with Gasteiger partial charge in [0.1, 0.15) is 6.10 Å². The van der Waals surface area contributed by atoms with Crippen molar-refractivity contribution < 1.29 is 24.5 Å². The molecule has 1 spiro atoms. The fourth-order valence-corrected chi connectivity index (χ4v) is 1.55. The first kappa shape index (κ1) is 9.38. The number of imide groups is 1. The van der Waals surface area contributed by atoms with Gasteiger partial charge >= 0.3 is 6.03 Å². The molecule has 7 nitrogen and oxygen atoms in total. The highest BCUT2D eigenvalue weighted by Gasteiger charge is 2.52. The van der Waals surface area contributed by atoms with Crippen LogP contribution in [0.2, 0.25) is 0 Å². The Balaban J connectivity index is 2.18. The van der Waals surface area contributed by atoms with Crippen LogP contribution in [0.15, 0.2) is 0 Å². The Kier molecular flexibility index (Phi) is 1.95. The molecule has 1 unspecified atom stereocenters. The summed E-state index contributed by atoms with van der Waals surface area (Å²) in [6.07, 6.45) is -2.25. The molecule has 0 aliphatic carbocycles. The molecule has 2 rings (SSSR count). The van der Waals surface area contributed by atoms with Crippen LogP contribution in [0.1, 0.15) is 6.42 Å². The van der Waals surface area contributed by atoms with Crippen LogP contribution in [0, 0.1) is 0 Å². The topological polar surface area (TPSA) is 108 Å². The van der Waals surface area contributed by atoms with Gasteiger partial charge in [0.05, 0.1) is 12.7 Å². The van der Waals surface area contributed by atoms with Gasteiger partial charge in [0.15, 0.2) is 0 Å². The van der Waals surface area contributed by atoms with Crippen LogP contribution in [0.25, 0.3) is 0 Å². The molecule has 0 saturated carbocycles. The molecule has 0 aromatic rings. The number of nitrogens with one attached hydrogen (secondary N) is 2. The number of amides is 3. The number of carbonyl (C=O) groups is 2. The van der Waals surface area contributed by atoms with Gasteiger partial charge in [-0.15, -0.1) is 0 Å². The molecule has 3 atom stereocenters. The van der Waals surface area contributed by atoms with Crippen molar-refractivity contribution >= 4 is 11.9 Å². The average molecular weight is 202 g/mol. The maximum absolute atomic E-state index is 11.3. The Hall–Kier alpha value is -1.18. The van der Waals surface area contributed by atoms with E-state index in [0.29, 0.717) is 0 Å². The lowest BCUT2D eigenvalue weighted by atomic mass is 9.98. The lowest BCUT2D eigenvalue weighted by Gasteiger charge is -2.35. The van der Waals surface area contributed by atoms with Gasteiger partial charge in [0, 0.05) is 6.42 Å². The van der Waals surface area contributed by atoms with Gasteiger partial charge in [-0.05, 0) is 0 Å². The molecule has 2 aliphatic heterocycles. The molecule has 2 fully saturated rings. The van der Waals surface area contributed by atoms with E-state index in [-0.39, 0.29) is 13.0 Å². The number of carbonyl (C=O) groups excluding carboxylic acids is 2. The number of hydrogen-bond donors (Lipinski definition) is 4. The summed E-state index contributed by atoms with van der Waals surface area (Å²) in [5.41, 5.74) is -1.50. The highest BCUT2D eigenvalue weighted by molar-refractivity contribution is 6.06. The molecule has 2 aliphatic rings. The number of ether oxygens (including phenoxy) is 1. The van der Waals surface area contributed by atoms with Gasteiger partial charge in [0.2, 0.25) is 5.72 Å². The molecule has 2 heterocycles. The third kappa shape index (κ3) is 1.26. The molecular weight excluding hydrogens is 192 g/mol. The minimum atomic E-state index is -1.50. The standard InChI is InChI=1S/C7H10N2O5/c10-3-1-7(14-2-4(3)11)5(12)8-6(13)9-7/h3-4,10-11H,1-2H2,(H2,8,9,12,13)/t3-,4+,7?/m0/s1. The fourth-order valence-electron chi connectivity index (χ4n) is 1.55. The zero-order valence-corrected chi connectivity index (χ0v) is 7.19. The second kappa shape index (κ2) is 2.91. The van der Waals surface area contributed by atoms with Crippen LogP contribution >= 0.6 is 0 Å². The SMILES string of the molecule is O=C1NC(=O)C2(C[C@H](O)[C@H](O)CO2)N1. The molecule has 14 heavy (non-hydrogen) atoms. The van der Waals surface area contributed by atoms with Crippen LogP contribution in [-0.2, 0) is 9.53 Å². The second-order valence-corrected chi connectivity index (χ2v) is 3.39. The van der Waals surface area contributed by atoms with Gasteiger partial charge in [-0.1, -0.05) is 0 Å². The third-order valence-electron chi connectivity index (χ3n) is 2.35. The highest BCUT2D eigenvalue weighted by atomic mass is 16.5. The normalized spacial score (nSPS) is 42.4. The van der Waals surface area contributed by atoms with E-state index < -0.39 is 29.9 Å². The molecule has 2 saturated heterocycles. The Morgan fingerprint density at radius 2 is 2.07 bits per heavy atom. The van der Waals surface area contributed by atoms with Crippen LogP contribution < -0.4 is 10.6 Å². The summed E-state index contributed by atoms with van der Waals surface area (Å²) >= 11 is 0. The highest BCUT2D eigenvalue weighted by Crippen LogP contribution is 2.25. The van der Waals surface area contributed by atoms with E-state index in [1.807, 2.05) is 5.32 Å². The predicted molar refractivity (Wildman–Crippen MR) is 42.0 cm³/mol. The minimum absolute atomic E-state index is 0.147. The van der Waals surface area contributed by atoms with Gasteiger partial charge in [0.25, 0.3) is 5.91 Å². The Morgan fingerprint density at radius 1 is 1.36 bits per heavy atom. The van der Waals surface area contributed by atoms with Gasteiger partial charge in [-0.25, -0.2) is 4.79 Å². The molecule has 0 aromatic carbocycles. The summed E-state index contributed by atoms with van der Waals surface area (Å²) < 4.78 is 5.04. The van der Waals surface area contributed by atoms with E-state index in [1.165, 1.54) is 0 Å². The molecule has 0 aromatic heterocycles. The van der Waals surface area contributed by atoms with Crippen LogP contribution in [0.3, 0.4) is 0 Å². The van der Waals surface area contributed by atoms with E-state index in [1.54, 1.807) is 0 Å². The van der Waals surface area contributed by atoms with E-state index in [0.717, 1.165) is 0 Å². The zero-order valence-electron chi connectivity index (χ0n) is 7.19. The van der Waals surface area contributed by atoms with E-state index in [4.69, 9.17) is 9.84 Å². The molecule has 7 heteroatoms. The maximum atomic E-state index is 11.3. The van der Waals surface area contributed by atoms with Gasteiger partial charge in [-0.3, -0.25) is 10.1 Å². The number of rotatable bonds is 0. The van der Waals surface area contributed by atoms with Crippen LogP contribution in [0.4, 0.5) is 4.79 Å². The van der Waals surface area contributed by atoms with Gasteiger partial charge < -0.3 is 20.3 Å². The van der Waals surface area contributed by atoms with Crippen molar-refractivity contribution in [2.45, 2.75) is 24.4 Å². The molecule has 78 valence electrons. The number of urea groups is 1. The van der Waals surface area contributed by atoms with Crippen molar-refractivity contribution in [1.82, 2.24) is 10.6 Å². The maximum Gasteiger partial charge on any atom is 0.324 e. The predicted octanol–water partition coefficient (Wildman–Crippen LogP) is -2.34. The Morgan fingerprint density at radius 3 is 2.57 bits per heavy atom. The molecule has 0 radical (unpaired) electrons. The van der Waals surface area contributed by atoms with E-state index >= 15 is 0 Å². The van der Waals surface area contributed by atoms with Gasteiger partial charge in [-0.2, -0.15) is 0 Å². The van der Waals surface area contributed by atoms with Crippen molar-refractivity contribution in [2.24, 2.45) is 0 Å². The quantitative estimate of drug-likeness (QED) is 0.329. The molecule has 3 amide bonds. The summed E-state index contributed by atoms with van der Waals surface area (Å²) in [5.74, 6) is -0.631. The number of aliphatic hydroxyl groups excluding tert-OH is 2. The van der Waals surface area contributed by atoms with Crippen molar-refractivity contribution in [2.75, 3.05) is 6.61 Å². The van der Waals surface area contributed by atoms with Crippen LogP contribution in [0.5, 0.6) is 0 Å². The monoisotopic (exact) mass is 202 g/mol. The summed E-state index contributed by atoms with van der Waals surface area (Å²) in [4.78, 5) is 22.1. The largest absolute Gasteiger partial charge is 0.390 e. The fraction of sp³-hybridized carbons (Fsp3) is 0.714.